The molecule has 0 amide bonds. The van der Waals surface area contributed by atoms with Gasteiger partial charge >= 0.3 is 0 Å². The number of nitrogens with one attached hydrogen (secondary N) is 1. The lowest BCUT2D eigenvalue weighted by molar-refractivity contribution is 0.382. The largest absolute Gasteiger partial charge is 0.497 e. The number of aromatic nitrogens is 2. The maximum absolute atomic E-state index is 5.38. The molecule has 3 rings (SSSR count). The Morgan fingerprint density at radius 2 is 1.96 bits per heavy atom. The second-order valence-electron chi connectivity index (χ2n) is 5.30. The van der Waals surface area contributed by atoms with Gasteiger partial charge in [0.05, 0.1) is 26.3 Å². The number of aryl methyl sites for hydroxylation is 1. The number of nitrogens with zero attached hydrogens (tertiary/aromatic N) is 2. The number of methoxy groups -OCH3 is 2. The van der Waals surface area contributed by atoms with Crippen LogP contribution in [0.5, 0.6) is 11.5 Å². The number of ether oxygens (including phenoxy) is 2. The van der Waals surface area contributed by atoms with Crippen LogP contribution in [0.4, 0.5) is 5.69 Å². The third-order valence-corrected chi connectivity index (χ3v) is 3.58. The SMILES string of the molecule is COc1ccc(-c2noc(CNc3cccc(C)c3)n2)c(OC)c1. The van der Waals surface area contributed by atoms with E-state index in [1.54, 1.807) is 20.3 Å². The molecule has 0 unspecified atom stereocenters. The van der Waals surface area contributed by atoms with E-state index in [0.717, 1.165) is 11.3 Å². The summed E-state index contributed by atoms with van der Waals surface area (Å²) in [6.45, 7) is 2.50. The Kier molecular flexibility index (Phi) is 4.65. The molecule has 6 nitrogen and oxygen atoms in total. The molecule has 0 saturated carbocycles. The van der Waals surface area contributed by atoms with Crippen LogP contribution in [0.3, 0.4) is 0 Å². The van der Waals surface area contributed by atoms with E-state index in [1.807, 2.05) is 37.3 Å². The molecule has 1 aromatic heterocycles. The number of benzene rings is 2. The lowest BCUT2D eigenvalue weighted by Gasteiger charge is -2.07. The monoisotopic (exact) mass is 325 g/mol. The van der Waals surface area contributed by atoms with Gasteiger partial charge in [0, 0.05) is 11.8 Å². The summed E-state index contributed by atoms with van der Waals surface area (Å²) in [4.78, 5) is 4.42. The van der Waals surface area contributed by atoms with Crippen LogP contribution < -0.4 is 14.8 Å². The molecule has 0 radical (unpaired) electrons. The molecule has 0 fully saturated rings. The molecule has 0 bridgehead atoms. The van der Waals surface area contributed by atoms with Crippen LogP contribution >= 0.6 is 0 Å². The highest BCUT2D eigenvalue weighted by Crippen LogP contribution is 2.31. The van der Waals surface area contributed by atoms with E-state index in [4.69, 9.17) is 14.0 Å². The molecule has 1 N–H and O–H groups in total. The summed E-state index contributed by atoms with van der Waals surface area (Å²) in [5, 5.41) is 7.30. The third-order valence-electron chi connectivity index (χ3n) is 3.58. The third kappa shape index (κ3) is 3.48. The van der Waals surface area contributed by atoms with Crippen molar-refractivity contribution in [2.45, 2.75) is 13.5 Å². The Balaban J connectivity index is 1.76. The maximum atomic E-state index is 5.38. The van der Waals surface area contributed by atoms with E-state index in [-0.39, 0.29) is 0 Å². The van der Waals surface area contributed by atoms with E-state index in [0.29, 0.717) is 29.8 Å². The van der Waals surface area contributed by atoms with Gasteiger partial charge in [-0.25, -0.2) is 0 Å². The molecule has 6 heteroatoms. The van der Waals surface area contributed by atoms with Crippen LogP contribution in [-0.2, 0) is 6.54 Å². The van der Waals surface area contributed by atoms with Crippen LogP contribution in [0.2, 0.25) is 0 Å². The number of rotatable bonds is 6. The first-order chi connectivity index (χ1) is 11.7. The Morgan fingerprint density at radius 3 is 2.71 bits per heavy atom. The topological polar surface area (TPSA) is 69.4 Å². The average molecular weight is 325 g/mol. The highest BCUT2D eigenvalue weighted by atomic mass is 16.5. The molecule has 124 valence electrons. The molecule has 0 saturated heterocycles. The number of anilines is 1. The summed E-state index contributed by atoms with van der Waals surface area (Å²) >= 11 is 0. The van der Waals surface area contributed by atoms with Gasteiger partial charge in [-0.15, -0.1) is 0 Å². The molecule has 3 aromatic rings. The van der Waals surface area contributed by atoms with Crippen LogP contribution in [0, 0.1) is 6.92 Å². The zero-order valence-corrected chi connectivity index (χ0v) is 13.9. The molecule has 0 aliphatic heterocycles. The fourth-order valence-corrected chi connectivity index (χ4v) is 2.35. The van der Waals surface area contributed by atoms with Gasteiger partial charge in [-0.3, -0.25) is 0 Å². The maximum Gasteiger partial charge on any atom is 0.246 e. The number of hydrogen-bond acceptors (Lipinski definition) is 6. The second-order valence-corrected chi connectivity index (χ2v) is 5.30. The van der Waals surface area contributed by atoms with Crippen molar-refractivity contribution >= 4 is 5.69 Å². The van der Waals surface area contributed by atoms with Crippen LogP contribution in [-0.4, -0.2) is 24.4 Å². The molecular formula is C18H19N3O3. The lowest BCUT2D eigenvalue weighted by atomic mass is 10.2. The summed E-state index contributed by atoms with van der Waals surface area (Å²) in [6, 6.07) is 13.6. The van der Waals surface area contributed by atoms with Crippen molar-refractivity contribution < 1.29 is 14.0 Å². The normalized spacial score (nSPS) is 10.5. The smallest absolute Gasteiger partial charge is 0.246 e. The summed E-state index contributed by atoms with van der Waals surface area (Å²) in [7, 11) is 3.20. The van der Waals surface area contributed by atoms with Gasteiger partial charge in [0.15, 0.2) is 0 Å². The lowest BCUT2D eigenvalue weighted by Crippen LogP contribution is -1.99. The van der Waals surface area contributed by atoms with E-state index in [9.17, 15) is 0 Å². The number of hydrogen-bond donors (Lipinski definition) is 1. The summed E-state index contributed by atoms with van der Waals surface area (Å²) in [6.07, 6.45) is 0. The highest BCUT2D eigenvalue weighted by molar-refractivity contribution is 5.65. The molecule has 1 heterocycles. The minimum absolute atomic E-state index is 0.453. The van der Waals surface area contributed by atoms with E-state index >= 15 is 0 Å². The van der Waals surface area contributed by atoms with Gasteiger partial charge in [-0.2, -0.15) is 4.98 Å². The minimum atomic E-state index is 0.453. The molecule has 0 aliphatic rings. The quantitative estimate of drug-likeness (QED) is 0.745. The van der Waals surface area contributed by atoms with Crippen LogP contribution in [0.15, 0.2) is 47.0 Å². The van der Waals surface area contributed by atoms with Crippen molar-refractivity contribution in [2.75, 3.05) is 19.5 Å². The van der Waals surface area contributed by atoms with Crippen molar-refractivity contribution in [3.05, 3.63) is 53.9 Å². The van der Waals surface area contributed by atoms with E-state index in [1.165, 1.54) is 5.56 Å². The zero-order valence-electron chi connectivity index (χ0n) is 13.9. The molecule has 24 heavy (non-hydrogen) atoms. The van der Waals surface area contributed by atoms with Crippen molar-refractivity contribution in [2.24, 2.45) is 0 Å². The van der Waals surface area contributed by atoms with Gasteiger partial charge in [-0.05, 0) is 36.8 Å². The van der Waals surface area contributed by atoms with Crippen LogP contribution in [0.25, 0.3) is 11.4 Å². The molecule has 2 aromatic carbocycles. The van der Waals surface area contributed by atoms with Crippen molar-refractivity contribution in [1.82, 2.24) is 10.1 Å². The van der Waals surface area contributed by atoms with Gasteiger partial charge in [0.25, 0.3) is 0 Å². The summed E-state index contributed by atoms with van der Waals surface area (Å²) < 4.78 is 15.9. The van der Waals surface area contributed by atoms with Gasteiger partial charge in [0.1, 0.15) is 11.5 Å². The van der Waals surface area contributed by atoms with Gasteiger partial charge < -0.3 is 19.3 Å². The van der Waals surface area contributed by atoms with Crippen LogP contribution in [0.1, 0.15) is 11.5 Å². The zero-order chi connectivity index (χ0) is 16.9. The summed E-state index contributed by atoms with van der Waals surface area (Å²) in [5.74, 6) is 2.33. The fourth-order valence-electron chi connectivity index (χ4n) is 2.35. The minimum Gasteiger partial charge on any atom is -0.497 e. The fraction of sp³-hybridized carbons (Fsp3) is 0.222. The Morgan fingerprint density at radius 1 is 1.08 bits per heavy atom. The molecule has 0 spiro atoms. The predicted octanol–water partition coefficient (Wildman–Crippen LogP) is 3.67. The van der Waals surface area contributed by atoms with Gasteiger partial charge in [-0.1, -0.05) is 17.3 Å². The Bertz CT molecular complexity index is 830. The Hall–Kier alpha value is -3.02. The molecular weight excluding hydrogens is 306 g/mol. The average Bonchev–Trinajstić information content (AvgIpc) is 3.08. The van der Waals surface area contributed by atoms with Gasteiger partial charge in [0.2, 0.25) is 11.7 Å². The Labute approximate surface area is 140 Å². The van der Waals surface area contributed by atoms with Crippen molar-refractivity contribution in [1.29, 1.82) is 0 Å². The predicted molar refractivity (Wildman–Crippen MR) is 91.3 cm³/mol. The standard InChI is InChI=1S/C18H19N3O3/c1-12-5-4-6-13(9-12)19-11-17-20-18(21-24-17)15-8-7-14(22-2)10-16(15)23-3/h4-10,19H,11H2,1-3H3. The second kappa shape index (κ2) is 7.04. The summed E-state index contributed by atoms with van der Waals surface area (Å²) in [5.41, 5.74) is 2.95. The first kappa shape index (κ1) is 15.9. The van der Waals surface area contributed by atoms with E-state index in [2.05, 4.69) is 21.5 Å². The molecule has 0 aliphatic carbocycles. The first-order valence-electron chi connectivity index (χ1n) is 7.55. The first-order valence-corrected chi connectivity index (χ1v) is 7.55. The van der Waals surface area contributed by atoms with Crippen molar-refractivity contribution in [3.63, 3.8) is 0 Å². The highest BCUT2D eigenvalue weighted by Gasteiger charge is 2.14. The van der Waals surface area contributed by atoms with Crippen molar-refractivity contribution in [3.8, 4) is 22.9 Å². The molecule has 0 atom stereocenters. The van der Waals surface area contributed by atoms with E-state index < -0.39 is 0 Å².